The van der Waals surface area contributed by atoms with Crippen LogP contribution in [0.15, 0.2) is 0 Å². The first-order chi connectivity index (χ1) is 11.8. The first-order valence-electron chi connectivity index (χ1n) is 8.63. The lowest BCUT2D eigenvalue weighted by Crippen LogP contribution is -2.20. The van der Waals surface area contributed by atoms with Gasteiger partial charge < -0.3 is 19.7 Å². The van der Waals surface area contributed by atoms with Gasteiger partial charge >= 0.3 is 23.9 Å². The third kappa shape index (κ3) is 15.2. The van der Waals surface area contributed by atoms with Gasteiger partial charge in [-0.15, -0.1) is 0 Å². The molecule has 0 rings (SSSR count). The number of hydrogen-bond acceptors (Lipinski definition) is 6. The summed E-state index contributed by atoms with van der Waals surface area (Å²) in [5.74, 6) is -2.54. The molecule has 0 aromatic carbocycles. The highest BCUT2D eigenvalue weighted by molar-refractivity contribution is 5.70. The number of hydrogen-bond donors (Lipinski definition) is 2. The van der Waals surface area contributed by atoms with E-state index in [1.54, 1.807) is 0 Å². The van der Waals surface area contributed by atoms with E-state index >= 15 is 0 Å². The third-order valence-corrected chi connectivity index (χ3v) is 3.50. The van der Waals surface area contributed by atoms with Gasteiger partial charge in [-0.25, -0.2) is 0 Å². The summed E-state index contributed by atoms with van der Waals surface area (Å²) >= 11 is 0. The fraction of sp³-hybridized carbons (Fsp3) is 0.765. The van der Waals surface area contributed by atoms with Crippen LogP contribution >= 0.6 is 0 Å². The SMILES string of the molecule is CCC(CCOC(=O)CCCCC(=O)O)OC(=O)CCCCC(=O)O. The van der Waals surface area contributed by atoms with Crippen molar-refractivity contribution in [3.8, 4) is 0 Å². The molecule has 0 fully saturated rings. The quantitative estimate of drug-likeness (QED) is 0.337. The Hall–Kier alpha value is -2.12. The summed E-state index contributed by atoms with van der Waals surface area (Å²) in [5.41, 5.74) is 0. The van der Waals surface area contributed by atoms with Crippen LogP contribution in [0.4, 0.5) is 0 Å². The van der Waals surface area contributed by atoms with Crippen LogP contribution in [0.3, 0.4) is 0 Å². The molecule has 144 valence electrons. The molecule has 8 heteroatoms. The average Bonchev–Trinajstić information content (AvgIpc) is 2.54. The summed E-state index contributed by atoms with van der Waals surface area (Å²) < 4.78 is 10.3. The maximum Gasteiger partial charge on any atom is 0.306 e. The van der Waals surface area contributed by atoms with E-state index in [1.165, 1.54) is 0 Å². The van der Waals surface area contributed by atoms with E-state index in [4.69, 9.17) is 19.7 Å². The largest absolute Gasteiger partial charge is 0.481 e. The highest BCUT2D eigenvalue weighted by Crippen LogP contribution is 2.09. The van der Waals surface area contributed by atoms with Crippen LogP contribution in [-0.4, -0.2) is 46.8 Å². The number of unbranched alkanes of at least 4 members (excludes halogenated alkanes) is 2. The van der Waals surface area contributed by atoms with Crippen molar-refractivity contribution in [2.75, 3.05) is 6.61 Å². The van der Waals surface area contributed by atoms with Crippen molar-refractivity contribution in [1.82, 2.24) is 0 Å². The van der Waals surface area contributed by atoms with Crippen molar-refractivity contribution in [1.29, 1.82) is 0 Å². The summed E-state index contributed by atoms with van der Waals surface area (Å²) in [6, 6.07) is 0. The number of carboxylic acids is 2. The lowest BCUT2D eigenvalue weighted by molar-refractivity contribution is -0.152. The van der Waals surface area contributed by atoms with Crippen LogP contribution in [0.1, 0.15) is 71.1 Å². The minimum Gasteiger partial charge on any atom is -0.481 e. The Bertz CT molecular complexity index is 432. The van der Waals surface area contributed by atoms with Gasteiger partial charge in [0.15, 0.2) is 0 Å². The number of esters is 2. The number of carbonyl (C=O) groups excluding carboxylic acids is 2. The molecule has 0 aliphatic carbocycles. The molecule has 8 nitrogen and oxygen atoms in total. The Morgan fingerprint density at radius 2 is 1.28 bits per heavy atom. The molecule has 0 amide bonds. The second kappa shape index (κ2) is 14.2. The van der Waals surface area contributed by atoms with Crippen molar-refractivity contribution in [3.05, 3.63) is 0 Å². The van der Waals surface area contributed by atoms with Crippen molar-refractivity contribution in [3.63, 3.8) is 0 Å². The van der Waals surface area contributed by atoms with Crippen LogP contribution in [0, 0.1) is 0 Å². The molecule has 1 atom stereocenters. The normalized spacial score (nSPS) is 11.6. The Labute approximate surface area is 147 Å². The van der Waals surface area contributed by atoms with E-state index in [9.17, 15) is 19.2 Å². The van der Waals surface area contributed by atoms with Crippen molar-refractivity contribution in [2.45, 2.75) is 77.2 Å². The van der Waals surface area contributed by atoms with Crippen LogP contribution < -0.4 is 0 Å². The van der Waals surface area contributed by atoms with E-state index in [1.807, 2.05) is 6.92 Å². The van der Waals surface area contributed by atoms with E-state index in [2.05, 4.69) is 0 Å². The maximum absolute atomic E-state index is 11.7. The van der Waals surface area contributed by atoms with Crippen LogP contribution in [-0.2, 0) is 28.7 Å². The molecule has 0 spiro atoms. The van der Waals surface area contributed by atoms with E-state index < -0.39 is 11.9 Å². The fourth-order valence-electron chi connectivity index (χ4n) is 2.06. The van der Waals surface area contributed by atoms with Gasteiger partial charge in [0.25, 0.3) is 0 Å². The molecule has 0 aromatic rings. The average molecular weight is 360 g/mol. The summed E-state index contributed by atoms with van der Waals surface area (Å²) in [4.78, 5) is 43.9. The molecule has 0 aliphatic rings. The van der Waals surface area contributed by atoms with Gasteiger partial charge in [0.1, 0.15) is 6.10 Å². The van der Waals surface area contributed by atoms with Crippen LogP contribution in [0.25, 0.3) is 0 Å². The maximum atomic E-state index is 11.7. The van der Waals surface area contributed by atoms with E-state index in [-0.39, 0.29) is 50.3 Å². The molecule has 0 radical (unpaired) electrons. The predicted octanol–water partition coefficient (Wildman–Crippen LogP) is 2.53. The molecule has 2 N–H and O–H groups in total. The zero-order chi connectivity index (χ0) is 19.1. The predicted molar refractivity (Wildman–Crippen MR) is 88.0 cm³/mol. The van der Waals surface area contributed by atoms with Gasteiger partial charge in [-0.05, 0) is 32.1 Å². The molecule has 0 saturated carbocycles. The smallest absolute Gasteiger partial charge is 0.306 e. The van der Waals surface area contributed by atoms with Crippen molar-refractivity contribution >= 4 is 23.9 Å². The molecule has 25 heavy (non-hydrogen) atoms. The number of carbonyl (C=O) groups is 4. The standard InChI is InChI=1S/C17H28O8/c1-2-13(25-17(23)10-6-4-8-15(20)21)11-12-24-16(22)9-5-3-7-14(18)19/h13H,2-12H2,1H3,(H,18,19)(H,20,21). The molecule has 0 bridgehead atoms. The molecule has 0 saturated heterocycles. The molecular weight excluding hydrogens is 332 g/mol. The number of aliphatic carboxylic acids is 2. The fourth-order valence-corrected chi connectivity index (χ4v) is 2.06. The summed E-state index contributed by atoms with van der Waals surface area (Å²) in [6.45, 7) is 2.00. The second-order valence-electron chi connectivity index (χ2n) is 5.73. The number of rotatable bonds is 15. The van der Waals surface area contributed by atoms with Gasteiger partial charge in [0, 0.05) is 32.1 Å². The molecular formula is C17H28O8. The monoisotopic (exact) mass is 360 g/mol. The van der Waals surface area contributed by atoms with Gasteiger partial charge in [-0.1, -0.05) is 6.92 Å². The Kier molecular flexibility index (Phi) is 13.0. The van der Waals surface area contributed by atoms with E-state index in [0.29, 0.717) is 38.5 Å². The summed E-state index contributed by atoms with van der Waals surface area (Å²) in [6.07, 6.45) is 2.87. The topological polar surface area (TPSA) is 127 Å². The minimum absolute atomic E-state index is 0.0346. The highest BCUT2D eigenvalue weighted by Gasteiger charge is 2.14. The van der Waals surface area contributed by atoms with Crippen LogP contribution in [0.5, 0.6) is 0 Å². The minimum atomic E-state index is -0.885. The number of carboxylic acid groups (broad SMARTS) is 2. The lowest BCUT2D eigenvalue weighted by atomic mass is 10.2. The molecule has 0 aliphatic heterocycles. The lowest BCUT2D eigenvalue weighted by Gasteiger charge is -2.16. The Balaban J connectivity index is 3.79. The highest BCUT2D eigenvalue weighted by atomic mass is 16.6. The summed E-state index contributed by atoms with van der Waals surface area (Å²) in [7, 11) is 0. The first kappa shape index (κ1) is 22.9. The molecule has 1 unspecified atom stereocenters. The number of ether oxygens (including phenoxy) is 2. The van der Waals surface area contributed by atoms with Gasteiger partial charge in [-0.3, -0.25) is 19.2 Å². The molecule has 0 aromatic heterocycles. The van der Waals surface area contributed by atoms with Gasteiger partial charge in [0.2, 0.25) is 0 Å². The summed E-state index contributed by atoms with van der Waals surface area (Å²) in [5, 5.41) is 17.0. The van der Waals surface area contributed by atoms with Crippen LogP contribution in [0.2, 0.25) is 0 Å². The van der Waals surface area contributed by atoms with Crippen molar-refractivity contribution < 1.29 is 38.9 Å². The molecule has 0 heterocycles. The first-order valence-corrected chi connectivity index (χ1v) is 8.63. The van der Waals surface area contributed by atoms with Gasteiger partial charge in [0.05, 0.1) is 6.61 Å². The van der Waals surface area contributed by atoms with E-state index in [0.717, 1.165) is 0 Å². The Morgan fingerprint density at radius 1 is 0.800 bits per heavy atom. The van der Waals surface area contributed by atoms with Crippen molar-refractivity contribution in [2.24, 2.45) is 0 Å². The third-order valence-electron chi connectivity index (χ3n) is 3.50. The zero-order valence-electron chi connectivity index (χ0n) is 14.7. The Morgan fingerprint density at radius 3 is 1.76 bits per heavy atom. The second-order valence-corrected chi connectivity index (χ2v) is 5.73. The van der Waals surface area contributed by atoms with Gasteiger partial charge in [-0.2, -0.15) is 0 Å². The zero-order valence-corrected chi connectivity index (χ0v) is 14.7.